The number of likely N-dealkylation sites (N-methyl/N-ethyl adjacent to an activating group) is 2. The molecule has 0 fully saturated rings. The van der Waals surface area contributed by atoms with Crippen LogP contribution < -0.4 is 5.32 Å². The summed E-state index contributed by atoms with van der Waals surface area (Å²) in [6, 6.07) is -1.05. The van der Waals surface area contributed by atoms with E-state index in [0.717, 1.165) is 6.42 Å². The van der Waals surface area contributed by atoms with E-state index in [1.165, 1.54) is 6.92 Å². The highest BCUT2D eigenvalue weighted by Crippen LogP contribution is 2.23. The third-order valence-electron chi connectivity index (χ3n) is 6.58. The summed E-state index contributed by atoms with van der Waals surface area (Å²) in [4.78, 5) is 42.5. The number of hydrogen-bond acceptors (Lipinski definition) is 5. The molecule has 188 valence electrons. The van der Waals surface area contributed by atoms with Crippen LogP contribution in [-0.4, -0.2) is 78.9 Å². The molecule has 32 heavy (non-hydrogen) atoms. The predicted octanol–water partition coefficient (Wildman–Crippen LogP) is 3.36. The van der Waals surface area contributed by atoms with Crippen molar-refractivity contribution >= 4 is 17.6 Å². The van der Waals surface area contributed by atoms with E-state index in [1.807, 2.05) is 39.6 Å². The first-order valence-electron chi connectivity index (χ1n) is 12.0. The molecule has 1 N–H and O–H groups in total. The summed E-state index contributed by atoms with van der Waals surface area (Å²) in [6.45, 7) is 17.7. The first kappa shape index (κ1) is 30.5. The highest BCUT2D eigenvalue weighted by atomic mass is 16.5. The van der Waals surface area contributed by atoms with Crippen molar-refractivity contribution in [1.29, 1.82) is 0 Å². The normalized spacial score (nSPS) is 16.8. The van der Waals surface area contributed by atoms with Crippen LogP contribution in [0.3, 0.4) is 0 Å². The van der Waals surface area contributed by atoms with Crippen molar-refractivity contribution in [3.05, 3.63) is 0 Å². The van der Waals surface area contributed by atoms with Gasteiger partial charge in [0.2, 0.25) is 11.8 Å². The number of ether oxygens (including phenoxy) is 1. The summed E-state index contributed by atoms with van der Waals surface area (Å²) in [6.07, 6.45) is 0.694. The van der Waals surface area contributed by atoms with E-state index in [-0.39, 0.29) is 59.9 Å². The van der Waals surface area contributed by atoms with Gasteiger partial charge in [0, 0.05) is 26.6 Å². The Kier molecular flexibility index (Phi) is 13.3. The van der Waals surface area contributed by atoms with E-state index >= 15 is 0 Å². The molecule has 0 aromatic rings. The fourth-order valence-electron chi connectivity index (χ4n) is 4.26. The minimum atomic E-state index is -0.657. The maximum atomic E-state index is 13.6. The lowest BCUT2D eigenvalue weighted by atomic mass is 9.89. The fourth-order valence-corrected chi connectivity index (χ4v) is 4.26. The van der Waals surface area contributed by atoms with Gasteiger partial charge in [0.05, 0.1) is 18.2 Å². The van der Waals surface area contributed by atoms with Crippen molar-refractivity contribution < 1.29 is 19.1 Å². The molecule has 0 aliphatic heterocycles. The number of Topliss-reactive ketones (excluding diaryl/α,β-unsaturated/α-hetero) is 1. The maximum absolute atomic E-state index is 13.6. The molecule has 0 spiro atoms. The van der Waals surface area contributed by atoms with Gasteiger partial charge in [-0.1, -0.05) is 48.0 Å². The Morgan fingerprint density at radius 3 is 1.81 bits per heavy atom. The molecule has 0 heterocycles. The molecule has 0 radical (unpaired) electrons. The van der Waals surface area contributed by atoms with Gasteiger partial charge in [0.25, 0.3) is 0 Å². The van der Waals surface area contributed by atoms with Crippen molar-refractivity contribution in [3.8, 4) is 0 Å². The highest BCUT2D eigenvalue weighted by Gasteiger charge is 2.38. The largest absolute Gasteiger partial charge is 0.379 e. The van der Waals surface area contributed by atoms with E-state index in [9.17, 15) is 14.4 Å². The number of nitrogens with zero attached hydrogens (tertiary/aromatic N) is 2. The molecule has 0 bridgehead atoms. The van der Waals surface area contributed by atoms with E-state index in [1.54, 1.807) is 19.1 Å². The molecule has 0 aromatic heterocycles. The quantitative estimate of drug-likeness (QED) is 0.434. The summed E-state index contributed by atoms with van der Waals surface area (Å²) >= 11 is 0. The lowest BCUT2D eigenvalue weighted by Crippen LogP contribution is -2.60. The number of nitrogens with one attached hydrogen (secondary N) is 1. The van der Waals surface area contributed by atoms with Crippen LogP contribution in [0, 0.1) is 17.8 Å². The molecule has 0 unspecified atom stereocenters. The van der Waals surface area contributed by atoms with E-state index in [0.29, 0.717) is 0 Å². The van der Waals surface area contributed by atoms with Crippen molar-refractivity contribution in [2.24, 2.45) is 17.8 Å². The number of amides is 2. The van der Waals surface area contributed by atoms with Gasteiger partial charge >= 0.3 is 0 Å². The third-order valence-corrected chi connectivity index (χ3v) is 6.58. The van der Waals surface area contributed by atoms with Crippen molar-refractivity contribution in [2.75, 3.05) is 21.2 Å². The van der Waals surface area contributed by atoms with Crippen molar-refractivity contribution in [2.45, 2.75) is 105 Å². The fraction of sp³-hybridized carbons (Fsp3) is 0.880. The number of ketones is 1. The molecule has 0 aliphatic carbocycles. The summed E-state index contributed by atoms with van der Waals surface area (Å²) in [5.41, 5.74) is 0. The molecule has 7 heteroatoms. The highest BCUT2D eigenvalue weighted by molar-refractivity contribution is 5.90. The van der Waals surface area contributed by atoms with Gasteiger partial charge in [0.1, 0.15) is 11.8 Å². The number of hydrogen-bond donors (Lipinski definition) is 1. The molecule has 0 aliphatic rings. The zero-order valence-electron chi connectivity index (χ0n) is 22.6. The second-order valence-corrected chi connectivity index (χ2v) is 10.2. The number of carbonyl (C=O) groups is 3. The topological polar surface area (TPSA) is 79.0 Å². The van der Waals surface area contributed by atoms with Crippen LogP contribution in [-0.2, 0) is 19.1 Å². The standard InChI is InChI=1S/C25H49N3O4/c1-13-18(8)23(20(32-12)14-19(9)29)28(11)25(31)21(15(2)3)26-24(30)22(16(4)5)27(10)17(6)7/h15-18,20-23H,13-14H2,1-12H3,(H,26,30)/t18-,20+,21-,22-,23-/m0/s1. The monoisotopic (exact) mass is 455 g/mol. The first-order valence-corrected chi connectivity index (χ1v) is 12.0. The maximum Gasteiger partial charge on any atom is 0.245 e. The summed E-state index contributed by atoms with van der Waals surface area (Å²) < 4.78 is 5.66. The van der Waals surface area contributed by atoms with Gasteiger partial charge in [-0.15, -0.1) is 0 Å². The van der Waals surface area contributed by atoms with Crippen molar-refractivity contribution in [3.63, 3.8) is 0 Å². The Morgan fingerprint density at radius 2 is 1.47 bits per heavy atom. The smallest absolute Gasteiger partial charge is 0.245 e. The SMILES string of the molecule is CC[C@H](C)[C@@H]([C@@H](CC(C)=O)OC)N(C)C(=O)[C@@H](NC(=O)[C@H](C(C)C)N(C)C(C)C)C(C)C. The van der Waals surface area contributed by atoms with E-state index in [2.05, 4.69) is 33.0 Å². The minimum absolute atomic E-state index is 0.0243. The van der Waals surface area contributed by atoms with Gasteiger partial charge in [0.15, 0.2) is 0 Å². The predicted molar refractivity (Wildman–Crippen MR) is 130 cm³/mol. The summed E-state index contributed by atoms with van der Waals surface area (Å²) in [7, 11) is 5.28. The molecule has 5 atom stereocenters. The summed E-state index contributed by atoms with van der Waals surface area (Å²) in [5, 5.41) is 3.04. The first-order chi connectivity index (χ1) is 14.7. The molecular weight excluding hydrogens is 406 g/mol. The van der Waals surface area contributed by atoms with Crippen LogP contribution in [0.2, 0.25) is 0 Å². The molecule has 0 rings (SSSR count). The zero-order chi connectivity index (χ0) is 25.3. The summed E-state index contributed by atoms with van der Waals surface area (Å²) in [5.74, 6) is -0.118. The van der Waals surface area contributed by atoms with E-state index in [4.69, 9.17) is 4.74 Å². The molecule has 2 amide bonds. The second-order valence-electron chi connectivity index (χ2n) is 10.2. The average Bonchev–Trinajstić information content (AvgIpc) is 2.69. The van der Waals surface area contributed by atoms with Gasteiger partial charge in [-0.25, -0.2) is 0 Å². The Bertz CT molecular complexity index is 606. The lowest BCUT2D eigenvalue weighted by Gasteiger charge is -2.40. The van der Waals surface area contributed by atoms with Crippen LogP contribution in [0.25, 0.3) is 0 Å². The Balaban J connectivity index is 5.90. The second kappa shape index (κ2) is 13.9. The molecule has 7 nitrogen and oxygen atoms in total. The Labute approximate surface area is 196 Å². The van der Waals surface area contributed by atoms with Crippen molar-refractivity contribution in [1.82, 2.24) is 15.1 Å². The van der Waals surface area contributed by atoms with Crippen LogP contribution >= 0.6 is 0 Å². The minimum Gasteiger partial charge on any atom is -0.379 e. The molecule has 0 aromatic carbocycles. The van der Waals surface area contributed by atoms with E-state index < -0.39 is 12.1 Å². The van der Waals surface area contributed by atoms with Gasteiger partial charge in [-0.2, -0.15) is 0 Å². The van der Waals surface area contributed by atoms with Crippen LogP contribution in [0.5, 0.6) is 0 Å². The van der Waals surface area contributed by atoms with Crippen LogP contribution in [0.15, 0.2) is 0 Å². The lowest BCUT2D eigenvalue weighted by molar-refractivity contribution is -0.144. The van der Waals surface area contributed by atoms with Gasteiger partial charge in [-0.3, -0.25) is 19.3 Å². The zero-order valence-corrected chi connectivity index (χ0v) is 22.6. The van der Waals surface area contributed by atoms with Crippen LogP contribution in [0.1, 0.15) is 75.2 Å². The molecule has 0 saturated carbocycles. The Morgan fingerprint density at radius 1 is 0.938 bits per heavy atom. The average molecular weight is 456 g/mol. The molecule has 0 saturated heterocycles. The molecular formula is C25H49N3O4. The number of rotatable bonds is 14. The van der Waals surface area contributed by atoms with Gasteiger partial charge in [-0.05, 0) is 45.6 Å². The number of methoxy groups -OCH3 is 1. The third kappa shape index (κ3) is 8.47. The van der Waals surface area contributed by atoms with Gasteiger partial charge < -0.3 is 15.0 Å². The Hall–Kier alpha value is -1.47. The number of carbonyl (C=O) groups excluding carboxylic acids is 3. The van der Waals surface area contributed by atoms with Crippen LogP contribution in [0.4, 0.5) is 0 Å².